The van der Waals surface area contributed by atoms with Crippen molar-refractivity contribution < 1.29 is 0 Å². The number of rotatable bonds is 1. The normalized spacial score (nSPS) is 11.1. The van der Waals surface area contributed by atoms with Gasteiger partial charge in [-0.3, -0.25) is 0 Å². The molecule has 0 aliphatic heterocycles. The molecule has 0 fully saturated rings. The topological polar surface area (TPSA) is 51.8 Å². The molecule has 0 bridgehead atoms. The Kier molecular flexibility index (Phi) is 2.15. The van der Waals surface area contributed by atoms with E-state index in [0.717, 1.165) is 16.2 Å². The van der Waals surface area contributed by atoms with E-state index in [4.69, 9.17) is 5.73 Å². The van der Waals surface area contributed by atoms with E-state index in [9.17, 15) is 0 Å². The molecule has 80 valence electrons. The van der Waals surface area contributed by atoms with Gasteiger partial charge in [0.1, 0.15) is 10.7 Å². The number of thiazole rings is 2. The van der Waals surface area contributed by atoms with Crippen LogP contribution in [0.25, 0.3) is 20.9 Å². The summed E-state index contributed by atoms with van der Waals surface area (Å²) in [5, 5.41) is 3.48. The number of nitrogens with zero attached hydrogens (tertiary/aromatic N) is 2. The maximum atomic E-state index is 5.62. The number of para-hydroxylation sites is 1. The van der Waals surface area contributed by atoms with E-state index in [1.165, 1.54) is 21.6 Å². The summed E-state index contributed by atoms with van der Waals surface area (Å²) in [4.78, 5) is 8.85. The summed E-state index contributed by atoms with van der Waals surface area (Å²) in [5.74, 6) is 0. The molecule has 1 aromatic carbocycles. The number of hydrogen-bond donors (Lipinski definition) is 1. The van der Waals surface area contributed by atoms with Crippen molar-refractivity contribution in [3.63, 3.8) is 0 Å². The fourth-order valence-corrected chi connectivity index (χ4v) is 3.21. The number of fused-ring (bicyclic) bond motifs is 1. The maximum absolute atomic E-state index is 5.62. The van der Waals surface area contributed by atoms with Gasteiger partial charge in [-0.1, -0.05) is 12.1 Å². The van der Waals surface area contributed by atoms with Crippen LogP contribution in [0, 0.1) is 6.92 Å². The lowest BCUT2D eigenvalue weighted by atomic mass is 10.2. The Balaban J connectivity index is 2.22. The second-order valence-corrected chi connectivity index (χ2v) is 5.43. The zero-order valence-corrected chi connectivity index (χ0v) is 10.2. The monoisotopic (exact) mass is 247 g/mol. The highest BCUT2D eigenvalue weighted by Crippen LogP contribution is 2.32. The van der Waals surface area contributed by atoms with E-state index in [1.807, 2.05) is 5.38 Å². The van der Waals surface area contributed by atoms with Crippen molar-refractivity contribution in [2.45, 2.75) is 6.92 Å². The largest absolute Gasteiger partial charge is 0.375 e. The second kappa shape index (κ2) is 3.54. The Hall–Kier alpha value is -1.46. The lowest BCUT2D eigenvalue weighted by Crippen LogP contribution is -1.82. The summed E-state index contributed by atoms with van der Waals surface area (Å²) >= 11 is 3.10. The minimum Gasteiger partial charge on any atom is -0.375 e. The fourth-order valence-electron chi connectivity index (χ4n) is 1.58. The van der Waals surface area contributed by atoms with Crippen molar-refractivity contribution in [3.8, 4) is 10.7 Å². The molecule has 0 aliphatic carbocycles. The minimum absolute atomic E-state index is 0.589. The molecule has 2 aromatic heterocycles. The van der Waals surface area contributed by atoms with E-state index in [0.29, 0.717) is 5.13 Å². The predicted octanol–water partition coefficient (Wildman–Crippen LogP) is 3.31. The molecule has 3 rings (SSSR count). The van der Waals surface area contributed by atoms with E-state index in [-0.39, 0.29) is 0 Å². The van der Waals surface area contributed by atoms with Crippen LogP contribution in [0.2, 0.25) is 0 Å². The van der Waals surface area contributed by atoms with Crippen LogP contribution in [0.5, 0.6) is 0 Å². The molecule has 0 saturated heterocycles. The SMILES string of the molecule is Cc1cccc2sc(-c3csc(N)n3)nc12. The fraction of sp³-hybridized carbons (Fsp3) is 0.0909. The van der Waals surface area contributed by atoms with Gasteiger partial charge in [0.15, 0.2) is 5.13 Å². The number of hydrogen-bond acceptors (Lipinski definition) is 5. The van der Waals surface area contributed by atoms with Crippen LogP contribution >= 0.6 is 22.7 Å². The molecule has 16 heavy (non-hydrogen) atoms. The van der Waals surface area contributed by atoms with E-state index in [1.54, 1.807) is 11.3 Å². The molecule has 3 aromatic rings. The van der Waals surface area contributed by atoms with Crippen LogP contribution in [-0.4, -0.2) is 9.97 Å². The van der Waals surface area contributed by atoms with E-state index in [2.05, 4.69) is 35.1 Å². The number of nitrogen functional groups attached to an aromatic ring is 1. The summed E-state index contributed by atoms with van der Waals surface area (Å²) in [6.45, 7) is 2.07. The van der Waals surface area contributed by atoms with Crippen LogP contribution in [0.4, 0.5) is 5.13 Å². The summed E-state index contributed by atoms with van der Waals surface area (Å²) in [7, 11) is 0. The lowest BCUT2D eigenvalue weighted by Gasteiger charge is -1.90. The number of aromatic nitrogens is 2. The van der Waals surface area contributed by atoms with Gasteiger partial charge in [-0.15, -0.1) is 22.7 Å². The standard InChI is InChI=1S/C11H9N3S2/c1-6-3-2-4-8-9(6)14-10(16-8)7-5-15-11(12)13-7/h2-5H,1H3,(H2,12,13). The summed E-state index contributed by atoms with van der Waals surface area (Å²) in [6, 6.07) is 6.20. The molecular formula is C11H9N3S2. The van der Waals surface area contributed by atoms with Crippen LogP contribution in [0.3, 0.4) is 0 Å². The first-order valence-corrected chi connectivity index (χ1v) is 6.51. The van der Waals surface area contributed by atoms with Gasteiger partial charge in [0.2, 0.25) is 0 Å². The number of nitrogens with two attached hydrogens (primary N) is 1. The van der Waals surface area contributed by atoms with Gasteiger partial charge in [0.05, 0.1) is 10.2 Å². The van der Waals surface area contributed by atoms with Gasteiger partial charge < -0.3 is 5.73 Å². The molecule has 0 atom stereocenters. The Morgan fingerprint density at radius 1 is 1.25 bits per heavy atom. The lowest BCUT2D eigenvalue weighted by molar-refractivity contribution is 1.36. The third kappa shape index (κ3) is 1.48. The maximum Gasteiger partial charge on any atom is 0.180 e. The van der Waals surface area contributed by atoms with Gasteiger partial charge in [-0.05, 0) is 18.6 Å². The van der Waals surface area contributed by atoms with Crippen LogP contribution < -0.4 is 5.73 Å². The molecule has 0 amide bonds. The number of benzene rings is 1. The Morgan fingerprint density at radius 2 is 2.12 bits per heavy atom. The smallest absolute Gasteiger partial charge is 0.180 e. The molecule has 2 N–H and O–H groups in total. The van der Waals surface area contributed by atoms with Gasteiger partial charge in [-0.2, -0.15) is 0 Å². The molecule has 0 radical (unpaired) electrons. The third-order valence-electron chi connectivity index (χ3n) is 2.36. The van der Waals surface area contributed by atoms with Crippen molar-refractivity contribution in [1.82, 2.24) is 9.97 Å². The van der Waals surface area contributed by atoms with Gasteiger partial charge in [0.25, 0.3) is 0 Å². The average Bonchev–Trinajstić information content (AvgIpc) is 2.84. The zero-order chi connectivity index (χ0) is 11.1. The van der Waals surface area contributed by atoms with Gasteiger partial charge in [-0.25, -0.2) is 9.97 Å². The van der Waals surface area contributed by atoms with Crippen molar-refractivity contribution in [2.24, 2.45) is 0 Å². The van der Waals surface area contributed by atoms with Crippen molar-refractivity contribution in [2.75, 3.05) is 5.73 Å². The van der Waals surface area contributed by atoms with Crippen molar-refractivity contribution in [1.29, 1.82) is 0 Å². The number of anilines is 1. The average molecular weight is 247 g/mol. The molecule has 0 unspecified atom stereocenters. The molecule has 0 aliphatic rings. The van der Waals surface area contributed by atoms with E-state index >= 15 is 0 Å². The first kappa shape index (κ1) is 9.74. The van der Waals surface area contributed by atoms with Crippen molar-refractivity contribution in [3.05, 3.63) is 29.1 Å². The molecule has 3 nitrogen and oxygen atoms in total. The summed E-state index contributed by atoms with van der Waals surface area (Å²) in [5.41, 5.74) is 8.76. The van der Waals surface area contributed by atoms with Gasteiger partial charge >= 0.3 is 0 Å². The molecular weight excluding hydrogens is 238 g/mol. The highest BCUT2D eigenvalue weighted by atomic mass is 32.1. The zero-order valence-electron chi connectivity index (χ0n) is 8.60. The molecule has 0 spiro atoms. The van der Waals surface area contributed by atoms with Crippen LogP contribution in [0.15, 0.2) is 23.6 Å². The van der Waals surface area contributed by atoms with Crippen molar-refractivity contribution >= 4 is 38.0 Å². The quantitative estimate of drug-likeness (QED) is 0.717. The Morgan fingerprint density at radius 3 is 2.81 bits per heavy atom. The highest BCUT2D eigenvalue weighted by molar-refractivity contribution is 7.22. The molecule has 2 heterocycles. The predicted molar refractivity (Wildman–Crippen MR) is 69.9 cm³/mol. The Labute approximate surface area is 101 Å². The van der Waals surface area contributed by atoms with E-state index < -0.39 is 0 Å². The third-order valence-corrected chi connectivity index (χ3v) is 4.08. The minimum atomic E-state index is 0.589. The van der Waals surface area contributed by atoms with Crippen LogP contribution in [-0.2, 0) is 0 Å². The van der Waals surface area contributed by atoms with Gasteiger partial charge in [0, 0.05) is 5.38 Å². The summed E-state index contributed by atoms with van der Waals surface area (Å²) < 4.78 is 1.20. The highest BCUT2D eigenvalue weighted by Gasteiger charge is 2.10. The summed E-state index contributed by atoms with van der Waals surface area (Å²) in [6.07, 6.45) is 0. The number of aryl methyl sites for hydroxylation is 1. The first-order chi connectivity index (χ1) is 7.74. The Bertz CT molecular complexity index is 654. The first-order valence-electron chi connectivity index (χ1n) is 4.81. The molecule has 0 saturated carbocycles. The van der Waals surface area contributed by atoms with Crippen LogP contribution in [0.1, 0.15) is 5.56 Å². The molecule has 5 heteroatoms. The second-order valence-electron chi connectivity index (χ2n) is 3.51.